The molecule has 0 saturated carbocycles. The van der Waals surface area contributed by atoms with E-state index in [0.29, 0.717) is 17.3 Å². The maximum atomic E-state index is 12.6. The molecule has 7 heteroatoms. The first-order valence-electron chi connectivity index (χ1n) is 8.69. The summed E-state index contributed by atoms with van der Waals surface area (Å²) in [7, 11) is 0. The zero-order valence-electron chi connectivity index (χ0n) is 14.5. The van der Waals surface area contributed by atoms with Gasteiger partial charge in [-0.25, -0.2) is 10.2 Å². The van der Waals surface area contributed by atoms with Gasteiger partial charge in [0.1, 0.15) is 5.82 Å². The number of anilines is 1. The number of hydrazine groups is 1. The summed E-state index contributed by atoms with van der Waals surface area (Å²) >= 11 is 0. The second kappa shape index (κ2) is 5.86. The third kappa shape index (κ3) is 2.60. The van der Waals surface area contributed by atoms with Crippen LogP contribution in [0.1, 0.15) is 49.3 Å². The highest BCUT2D eigenvalue weighted by molar-refractivity contribution is 5.53. The molecule has 0 amide bonds. The van der Waals surface area contributed by atoms with Crippen molar-refractivity contribution in [1.82, 2.24) is 20.8 Å². The van der Waals surface area contributed by atoms with Crippen LogP contribution in [0.5, 0.6) is 0 Å². The second-order valence-corrected chi connectivity index (χ2v) is 7.27. The number of aromatic nitrogens is 2. The predicted octanol–water partition coefficient (Wildman–Crippen LogP) is 1.18. The Morgan fingerprint density at radius 1 is 1.00 bits per heavy atom. The Hall–Kier alpha value is -2.38. The quantitative estimate of drug-likeness (QED) is 0.565. The van der Waals surface area contributed by atoms with Crippen molar-refractivity contribution in [3.05, 3.63) is 61.8 Å². The normalized spacial score (nSPS) is 27.7. The number of rotatable bonds is 2. The van der Waals surface area contributed by atoms with E-state index in [1.54, 1.807) is 0 Å². The SMILES string of the molecule is CC(C)c1ccc(C2c3c([nH]c(=O)[nH]c3=O)NC3NNC(C)C32)cc1. The Morgan fingerprint density at radius 2 is 1.72 bits per heavy atom. The minimum atomic E-state index is -0.498. The molecule has 1 saturated heterocycles. The van der Waals surface area contributed by atoms with Crippen LogP contribution >= 0.6 is 0 Å². The highest BCUT2D eigenvalue weighted by Crippen LogP contribution is 2.42. The van der Waals surface area contributed by atoms with E-state index in [4.69, 9.17) is 0 Å². The van der Waals surface area contributed by atoms with Crippen LogP contribution in [-0.2, 0) is 0 Å². The van der Waals surface area contributed by atoms with Crippen LogP contribution in [0.3, 0.4) is 0 Å². The minimum Gasteiger partial charge on any atom is -0.354 e. The van der Waals surface area contributed by atoms with Crippen molar-refractivity contribution in [2.75, 3.05) is 5.32 Å². The second-order valence-electron chi connectivity index (χ2n) is 7.27. The Labute approximate surface area is 145 Å². The fourth-order valence-corrected chi connectivity index (χ4v) is 4.05. The molecule has 1 aromatic heterocycles. The molecule has 2 aliphatic rings. The fraction of sp³-hybridized carbons (Fsp3) is 0.444. The van der Waals surface area contributed by atoms with Crippen LogP contribution in [-0.4, -0.2) is 22.2 Å². The summed E-state index contributed by atoms with van der Waals surface area (Å²) in [5.41, 5.74) is 8.57. The van der Waals surface area contributed by atoms with Crippen LogP contribution in [0.4, 0.5) is 5.82 Å². The number of benzene rings is 1. The summed E-state index contributed by atoms with van der Waals surface area (Å²) in [6.07, 6.45) is -0.0604. The van der Waals surface area contributed by atoms with Gasteiger partial charge in [0, 0.05) is 17.9 Å². The molecule has 7 nitrogen and oxygen atoms in total. The van der Waals surface area contributed by atoms with E-state index in [2.05, 4.69) is 71.2 Å². The van der Waals surface area contributed by atoms with Crippen molar-refractivity contribution >= 4 is 5.82 Å². The number of fused-ring (bicyclic) bond motifs is 2. The molecule has 5 N–H and O–H groups in total. The molecule has 0 spiro atoms. The predicted molar refractivity (Wildman–Crippen MR) is 96.7 cm³/mol. The molecule has 0 aliphatic carbocycles. The molecule has 2 aliphatic heterocycles. The Kier molecular flexibility index (Phi) is 3.77. The Morgan fingerprint density at radius 3 is 2.40 bits per heavy atom. The lowest BCUT2D eigenvalue weighted by molar-refractivity contribution is 0.386. The van der Waals surface area contributed by atoms with Crippen molar-refractivity contribution in [2.24, 2.45) is 5.92 Å². The largest absolute Gasteiger partial charge is 0.354 e. The number of nitrogens with one attached hydrogen (secondary N) is 5. The standard InChI is InChI=1S/C18H23N5O2/c1-8(2)10-4-6-11(7-5-10)13-12-9(3)22-23-16(12)19-15-14(13)17(24)21-18(25)20-15/h4-9,12-13,16,22-23H,1-3H3,(H3,19,20,21,24,25). The molecule has 1 fully saturated rings. The van der Waals surface area contributed by atoms with E-state index in [9.17, 15) is 9.59 Å². The van der Waals surface area contributed by atoms with E-state index in [1.165, 1.54) is 5.56 Å². The van der Waals surface area contributed by atoms with Gasteiger partial charge in [-0.3, -0.25) is 20.2 Å². The topological polar surface area (TPSA) is 102 Å². The van der Waals surface area contributed by atoms with Crippen molar-refractivity contribution in [3.63, 3.8) is 0 Å². The summed E-state index contributed by atoms with van der Waals surface area (Å²) in [6, 6.07) is 8.62. The molecule has 25 heavy (non-hydrogen) atoms. The van der Waals surface area contributed by atoms with Gasteiger partial charge >= 0.3 is 5.69 Å². The lowest BCUT2D eigenvalue weighted by atomic mass is 9.74. The maximum Gasteiger partial charge on any atom is 0.327 e. The van der Waals surface area contributed by atoms with Gasteiger partial charge in [0.25, 0.3) is 5.56 Å². The monoisotopic (exact) mass is 341 g/mol. The van der Waals surface area contributed by atoms with E-state index in [-0.39, 0.29) is 29.6 Å². The first-order chi connectivity index (χ1) is 12.0. The highest BCUT2D eigenvalue weighted by Gasteiger charge is 2.46. The summed E-state index contributed by atoms with van der Waals surface area (Å²) in [5.74, 6) is 0.983. The first kappa shape index (κ1) is 16.1. The van der Waals surface area contributed by atoms with Gasteiger partial charge in [-0.1, -0.05) is 38.1 Å². The van der Waals surface area contributed by atoms with Gasteiger partial charge in [-0.2, -0.15) is 0 Å². The molecule has 132 valence electrons. The van der Waals surface area contributed by atoms with Crippen LogP contribution in [0.15, 0.2) is 33.9 Å². The highest BCUT2D eigenvalue weighted by atomic mass is 16.2. The molecule has 4 unspecified atom stereocenters. The molecule has 4 atom stereocenters. The zero-order chi connectivity index (χ0) is 17.7. The van der Waals surface area contributed by atoms with Gasteiger partial charge in [-0.05, 0) is 24.0 Å². The van der Waals surface area contributed by atoms with E-state index in [0.717, 1.165) is 5.56 Å². The average molecular weight is 341 g/mol. The van der Waals surface area contributed by atoms with Crippen LogP contribution in [0.25, 0.3) is 0 Å². The van der Waals surface area contributed by atoms with Gasteiger partial charge in [0.15, 0.2) is 0 Å². The Bertz CT molecular complexity index is 899. The first-order valence-corrected chi connectivity index (χ1v) is 8.69. The lowest BCUT2D eigenvalue weighted by Crippen LogP contribution is -2.47. The van der Waals surface area contributed by atoms with Crippen LogP contribution in [0.2, 0.25) is 0 Å². The van der Waals surface area contributed by atoms with Crippen molar-refractivity contribution in [3.8, 4) is 0 Å². The molecular formula is C18H23N5O2. The van der Waals surface area contributed by atoms with Crippen molar-refractivity contribution in [1.29, 1.82) is 0 Å². The minimum absolute atomic E-state index is 0.0604. The smallest absolute Gasteiger partial charge is 0.327 e. The number of hydrogen-bond donors (Lipinski definition) is 5. The van der Waals surface area contributed by atoms with Gasteiger partial charge in [0.2, 0.25) is 0 Å². The zero-order valence-corrected chi connectivity index (χ0v) is 14.5. The van der Waals surface area contributed by atoms with E-state index in [1.807, 2.05) is 0 Å². The molecule has 2 aromatic rings. The molecule has 3 heterocycles. The molecule has 0 radical (unpaired) electrons. The lowest BCUT2D eigenvalue weighted by Gasteiger charge is -2.36. The Balaban J connectivity index is 1.88. The third-order valence-corrected chi connectivity index (χ3v) is 5.37. The number of hydrogen-bond acceptors (Lipinski definition) is 5. The fourth-order valence-electron chi connectivity index (χ4n) is 4.05. The molecular weight excluding hydrogens is 318 g/mol. The average Bonchev–Trinajstić information content (AvgIpc) is 2.93. The summed E-state index contributed by atoms with van der Waals surface area (Å²) in [5, 5.41) is 3.25. The number of H-pyrrole nitrogens is 2. The van der Waals surface area contributed by atoms with Crippen LogP contribution < -0.4 is 27.4 Å². The molecule has 4 rings (SSSR count). The summed E-state index contributed by atoms with van der Waals surface area (Å²) in [6.45, 7) is 6.42. The van der Waals surface area contributed by atoms with Crippen molar-refractivity contribution in [2.45, 2.75) is 44.8 Å². The maximum absolute atomic E-state index is 12.6. The van der Waals surface area contributed by atoms with Crippen molar-refractivity contribution < 1.29 is 0 Å². The number of aromatic amines is 2. The van der Waals surface area contributed by atoms with Gasteiger partial charge in [0.05, 0.1) is 11.7 Å². The van der Waals surface area contributed by atoms with Gasteiger partial charge in [-0.15, -0.1) is 0 Å². The molecule has 1 aromatic carbocycles. The van der Waals surface area contributed by atoms with Gasteiger partial charge < -0.3 is 5.32 Å². The molecule has 0 bridgehead atoms. The van der Waals surface area contributed by atoms with E-state index < -0.39 is 5.69 Å². The van der Waals surface area contributed by atoms with Crippen LogP contribution in [0, 0.1) is 5.92 Å². The third-order valence-electron chi connectivity index (χ3n) is 5.37. The summed E-state index contributed by atoms with van der Waals surface area (Å²) < 4.78 is 0. The summed E-state index contributed by atoms with van der Waals surface area (Å²) in [4.78, 5) is 29.4. The van der Waals surface area contributed by atoms with E-state index >= 15 is 0 Å².